The second kappa shape index (κ2) is 4.14. The fourth-order valence-corrected chi connectivity index (χ4v) is 2.23. The van der Waals surface area contributed by atoms with Gasteiger partial charge in [0.25, 0.3) is 0 Å². The minimum Gasteiger partial charge on any atom is -0.497 e. The molecule has 3 N–H and O–H groups in total. The fourth-order valence-electron chi connectivity index (χ4n) is 2.23. The second-order valence-electron chi connectivity index (χ2n) is 4.14. The molecule has 1 aliphatic carbocycles. The largest absolute Gasteiger partial charge is 0.497 e. The minimum atomic E-state index is -0.416. The Morgan fingerprint density at radius 1 is 1.38 bits per heavy atom. The maximum atomic E-state index is 11.8. The van der Waals surface area contributed by atoms with Crippen LogP contribution in [0.5, 0.6) is 5.75 Å². The standard InChI is InChI=1S/C12H16N2O2/c1-16-10-5-3-9(4-6-10)12(7-2-8-12)11(15)14-13/h3-6H,2,7-8,13H2,1H3,(H,14,15). The SMILES string of the molecule is COc1ccc(C2(C(=O)NN)CCC2)cc1. The first-order chi connectivity index (χ1) is 7.73. The molecule has 1 aliphatic rings. The summed E-state index contributed by atoms with van der Waals surface area (Å²) in [7, 11) is 1.63. The molecule has 2 rings (SSSR count). The van der Waals surface area contributed by atoms with Crippen molar-refractivity contribution < 1.29 is 9.53 Å². The lowest BCUT2D eigenvalue weighted by Crippen LogP contribution is -2.51. The summed E-state index contributed by atoms with van der Waals surface area (Å²) < 4.78 is 5.10. The number of amides is 1. The molecule has 0 aromatic heterocycles. The maximum absolute atomic E-state index is 11.8. The number of methoxy groups -OCH3 is 1. The number of carbonyl (C=O) groups excluding carboxylic acids is 1. The van der Waals surface area contributed by atoms with Gasteiger partial charge in [0.1, 0.15) is 5.75 Å². The molecule has 1 fully saturated rings. The zero-order valence-electron chi connectivity index (χ0n) is 9.32. The Morgan fingerprint density at radius 3 is 2.38 bits per heavy atom. The molecule has 4 nitrogen and oxygen atoms in total. The van der Waals surface area contributed by atoms with Gasteiger partial charge in [-0.1, -0.05) is 18.6 Å². The van der Waals surface area contributed by atoms with E-state index in [1.54, 1.807) is 7.11 Å². The van der Waals surface area contributed by atoms with Crippen molar-refractivity contribution in [2.75, 3.05) is 7.11 Å². The van der Waals surface area contributed by atoms with E-state index in [9.17, 15) is 4.79 Å². The molecule has 0 bridgehead atoms. The average molecular weight is 220 g/mol. The molecular weight excluding hydrogens is 204 g/mol. The fraction of sp³-hybridized carbons (Fsp3) is 0.417. The van der Waals surface area contributed by atoms with Gasteiger partial charge in [0.15, 0.2) is 0 Å². The molecule has 0 saturated heterocycles. The zero-order valence-corrected chi connectivity index (χ0v) is 9.32. The molecule has 1 aromatic carbocycles. The Hall–Kier alpha value is -1.55. The molecule has 0 spiro atoms. The average Bonchev–Trinajstić information content (AvgIpc) is 2.28. The van der Waals surface area contributed by atoms with Crippen molar-refractivity contribution in [2.45, 2.75) is 24.7 Å². The van der Waals surface area contributed by atoms with Crippen molar-refractivity contribution in [2.24, 2.45) is 5.84 Å². The summed E-state index contributed by atoms with van der Waals surface area (Å²) in [6.45, 7) is 0. The third-order valence-corrected chi connectivity index (χ3v) is 3.42. The summed E-state index contributed by atoms with van der Waals surface area (Å²) >= 11 is 0. The highest BCUT2D eigenvalue weighted by atomic mass is 16.5. The first-order valence-corrected chi connectivity index (χ1v) is 5.38. The highest BCUT2D eigenvalue weighted by molar-refractivity contribution is 5.88. The van der Waals surface area contributed by atoms with Crippen LogP contribution in [0.15, 0.2) is 24.3 Å². The van der Waals surface area contributed by atoms with Crippen LogP contribution >= 0.6 is 0 Å². The number of hydrogen-bond acceptors (Lipinski definition) is 3. The Morgan fingerprint density at radius 2 is 2.00 bits per heavy atom. The van der Waals surface area contributed by atoms with E-state index in [0.717, 1.165) is 30.6 Å². The molecule has 0 aliphatic heterocycles. The highest BCUT2D eigenvalue weighted by Gasteiger charge is 2.45. The molecule has 1 amide bonds. The summed E-state index contributed by atoms with van der Waals surface area (Å²) in [5.41, 5.74) is 2.87. The Bertz CT molecular complexity index is 383. The molecule has 0 unspecified atom stereocenters. The van der Waals surface area contributed by atoms with Gasteiger partial charge in [-0.2, -0.15) is 0 Å². The molecule has 1 saturated carbocycles. The van der Waals surface area contributed by atoms with Gasteiger partial charge in [-0.05, 0) is 30.5 Å². The minimum absolute atomic E-state index is 0.0936. The van der Waals surface area contributed by atoms with Crippen LogP contribution in [-0.2, 0) is 10.2 Å². The van der Waals surface area contributed by atoms with Crippen LogP contribution in [0.2, 0.25) is 0 Å². The van der Waals surface area contributed by atoms with Gasteiger partial charge < -0.3 is 4.74 Å². The number of nitrogens with two attached hydrogens (primary N) is 1. The lowest BCUT2D eigenvalue weighted by atomic mass is 9.64. The van der Waals surface area contributed by atoms with E-state index >= 15 is 0 Å². The van der Waals surface area contributed by atoms with E-state index in [0.29, 0.717) is 0 Å². The Balaban J connectivity index is 2.30. The van der Waals surface area contributed by atoms with E-state index < -0.39 is 5.41 Å². The maximum Gasteiger partial charge on any atom is 0.244 e. The van der Waals surface area contributed by atoms with Crippen molar-refractivity contribution in [3.8, 4) is 5.75 Å². The van der Waals surface area contributed by atoms with Crippen molar-refractivity contribution >= 4 is 5.91 Å². The van der Waals surface area contributed by atoms with E-state index in [1.807, 2.05) is 24.3 Å². The van der Waals surface area contributed by atoms with Crippen molar-refractivity contribution in [1.29, 1.82) is 0 Å². The molecule has 0 radical (unpaired) electrons. The molecule has 0 atom stereocenters. The number of benzene rings is 1. The number of carbonyl (C=O) groups is 1. The molecule has 1 aromatic rings. The van der Waals surface area contributed by atoms with Crippen LogP contribution in [0.1, 0.15) is 24.8 Å². The molecule has 0 heterocycles. The van der Waals surface area contributed by atoms with E-state index in [4.69, 9.17) is 10.6 Å². The van der Waals surface area contributed by atoms with E-state index in [-0.39, 0.29) is 5.91 Å². The van der Waals surface area contributed by atoms with Gasteiger partial charge in [0.2, 0.25) is 5.91 Å². The third kappa shape index (κ3) is 1.55. The van der Waals surface area contributed by atoms with Crippen LogP contribution in [-0.4, -0.2) is 13.0 Å². The highest BCUT2D eigenvalue weighted by Crippen LogP contribution is 2.44. The number of rotatable bonds is 3. The number of nitrogens with one attached hydrogen (secondary N) is 1. The quantitative estimate of drug-likeness (QED) is 0.455. The summed E-state index contributed by atoms with van der Waals surface area (Å²) in [5.74, 6) is 5.94. The van der Waals surface area contributed by atoms with Gasteiger partial charge in [0.05, 0.1) is 12.5 Å². The molecular formula is C12H16N2O2. The normalized spacial score (nSPS) is 17.4. The summed E-state index contributed by atoms with van der Waals surface area (Å²) in [6, 6.07) is 7.62. The number of ether oxygens (including phenoxy) is 1. The van der Waals surface area contributed by atoms with Crippen molar-refractivity contribution in [3.63, 3.8) is 0 Å². The third-order valence-electron chi connectivity index (χ3n) is 3.42. The van der Waals surface area contributed by atoms with Crippen LogP contribution in [0.3, 0.4) is 0 Å². The van der Waals surface area contributed by atoms with Crippen LogP contribution in [0.4, 0.5) is 0 Å². The zero-order chi connectivity index (χ0) is 11.6. The first kappa shape index (κ1) is 11.0. The number of hydrazine groups is 1. The molecule has 16 heavy (non-hydrogen) atoms. The molecule has 4 heteroatoms. The summed E-state index contributed by atoms with van der Waals surface area (Å²) in [4.78, 5) is 11.8. The van der Waals surface area contributed by atoms with Crippen LogP contribution < -0.4 is 16.0 Å². The molecule has 86 valence electrons. The van der Waals surface area contributed by atoms with Gasteiger partial charge in [-0.25, -0.2) is 5.84 Å². The predicted molar refractivity (Wildman–Crippen MR) is 60.9 cm³/mol. The van der Waals surface area contributed by atoms with Crippen LogP contribution in [0, 0.1) is 0 Å². The van der Waals surface area contributed by atoms with Crippen molar-refractivity contribution in [1.82, 2.24) is 5.43 Å². The van der Waals surface area contributed by atoms with Gasteiger partial charge in [-0.15, -0.1) is 0 Å². The first-order valence-electron chi connectivity index (χ1n) is 5.38. The summed E-state index contributed by atoms with van der Waals surface area (Å²) in [6.07, 6.45) is 2.80. The predicted octanol–water partition coefficient (Wildman–Crippen LogP) is 1.11. The topological polar surface area (TPSA) is 64.3 Å². The van der Waals surface area contributed by atoms with Crippen molar-refractivity contribution in [3.05, 3.63) is 29.8 Å². The lowest BCUT2D eigenvalue weighted by Gasteiger charge is -2.40. The number of hydrogen-bond donors (Lipinski definition) is 2. The van der Waals surface area contributed by atoms with Gasteiger partial charge in [0, 0.05) is 0 Å². The Kier molecular flexibility index (Phi) is 2.83. The van der Waals surface area contributed by atoms with Gasteiger partial charge in [-0.3, -0.25) is 10.2 Å². The van der Waals surface area contributed by atoms with E-state index in [2.05, 4.69) is 5.43 Å². The second-order valence-corrected chi connectivity index (χ2v) is 4.14. The summed E-state index contributed by atoms with van der Waals surface area (Å²) in [5, 5.41) is 0. The smallest absolute Gasteiger partial charge is 0.244 e. The van der Waals surface area contributed by atoms with Gasteiger partial charge >= 0.3 is 0 Å². The monoisotopic (exact) mass is 220 g/mol. The van der Waals surface area contributed by atoms with Crippen LogP contribution in [0.25, 0.3) is 0 Å². The lowest BCUT2D eigenvalue weighted by molar-refractivity contribution is -0.130. The Labute approximate surface area is 94.8 Å². The van der Waals surface area contributed by atoms with E-state index in [1.165, 1.54) is 0 Å².